The second-order valence-electron chi connectivity index (χ2n) is 3.66. The van der Waals surface area contributed by atoms with Gasteiger partial charge in [-0.15, -0.1) is 0 Å². The quantitative estimate of drug-likeness (QED) is 0.520. The van der Waals surface area contributed by atoms with E-state index in [0.717, 1.165) is 6.07 Å². The van der Waals surface area contributed by atoms with E-state index in [9.17, 15) is 9.18 Å². The first kappa shape index (κ1) is 14.9. The van der Waals surface area contributed by atoms with Gasteiger partial charge < -0.3 is 4.98 Å². The third-order valence-electron chi connectivity index (χ3n) is 2.46. The van der Waals surface area contributed by atoms with Gasteiger partial charge in [0.1, 0.15) is 17.4 Å². The summed E-state index contributed by atoms with van der Waals surface area (Å²) in [7, 11) is 0. The number of rotatable bonds is 2. The fourth-order valence-electron chi connectivity index (χ4n) is 1.55. The van der Waals surface area contributed by atoms with Crippen molar-refractivity contribution in [2.45, 2.75) is 5.16 Å². The lowest BCUT2D eigenvalue weighted by Gasteiger charge is -2.07. The summed E-state index contributed by atoms with van der Waals surface area (Å²) in [6, 6.07) is 4.20. The van der Waals surface area contributed by atoms with Crippen LogP contribution in [-0.4, -0.2) is 16.2 Å². The number of benzene rings is 1. The van der Waals surface area contributed by atoms with Crippen LogP contribution in [0.3, 0.4) is 0 Å². The second-order valence-corrected chi connectivity index (χ2v) is 5.24. The van der Waals surface area contributed by atoms with E-state index in [-0.39, 0.29) is 26.9 Å². The van der Waals surface area contributed by atoms with Crippen LogP contribution in [0.1, 0.15) is 5.56 Å². The fraction of sp³-hybridized carbons (Fsp3) is 0.0833. The van der Waals surface area contributed by atoms with Gasteiger partial charge in [0.15, 0.2) is 5.16 Å². The molecule has 0 radical (unpaired) electrons. The van der Waals surface area contributed by atoms with Crippen molar-refractivity contribution in [2.24, 2.45) is 0 Å². The number of nitrogens with one attached hydrogen (secondary N) is 1. The largest absolute Gasteiger partial charge is 0.300 e. The number of thioether (sulfide) groups is 1. The Kier molecular flexibility index (Phi) is 4.33. The number of hydrogen-bond donors (Lipinski definition) is 1. The van der Waals surface area contributed by atoms with Gasteiger partial charge in [0.25, 0.3) is 5.56 Å². The molecule has 2 rings (SSSR count). The normalized spacial score (nSPS) is 10.3. The highest BCUT2D eigenvalue weighted by Crippen LogP contribution is 2.31. The van der Waals surface area contributed by atoms with Crippen molar-refractivity contribution >= 4 is 35.0 Å². The minimum absolute atomic E-state index is 0.0154. The summed E-state index contributed by atoms with van der Waals surface area (Å²) in [5.74, 6) is -0.745. The van der Waals surface area contributed by atoms with E-state index in [1.165, 1.54) is 17.8 Å². The zero-order valence-corrected chi connectivity index (χ0v) is 12.3. The van der Waals surface area contributed by atoms with E-state index >= 15 is 0 Å². The van der Waals surface area contributed by atoms with Crippen LogP contribution in [0.15, 0.2) is 22.1 Å². The van der Waals surface area contributed by atoms with Crippen molar-refractivity contribution < 1.29 is 4.39 Å². The Hall–Kier alpha value is -1.55. The molecule has 0 spiro atoms. The Bertz CT molecular complexity index is 762. The minimum atomic E-state index is -0.745. The van der Waals surface area contributed by atoms with Gasteiger partial charge in [0.05, 0.1) is 15.7 Å². The van der Waals surface area contributed by atoms with E-state index in [1.807, 2.05) is 0 Å². The molecular weight excluding hydrogens is 324 g/mol. The van der Waals surface area contributed by atoms with Gasteiger partial charge in [-0.2, -0.15) is 5.26 Å². The van der Waals surface area contributed by atoms with Crippen LogP contribution in [0.25, 0.3) is 11.3 Å². The summed E-state index contributed by atoms with van der Waals surface area (Å²) < 4.78 is 13.6. The molecule has 0 atom stereocenters. The molecule has 0 aliphatic rings. The van der Waals surface area contributed by atoms with Crippen molar-refractivity contribution in [3.05, 3.63) is 43.9 Å². The zero-order valence-electron chi connectivity index (χ0n) is 10.00. The topological polar surface area (TPSA) is 69.5 Å². The Labute approximate surface area is 127 Å². The van der Waals surface area contributed by atoms with Gasteiger partial charge in [-0.3, -0.25) is 4.79 Å². The molecule has 0 amide bonds. The monoisotopic (exact) mass is 329 g/mol. The molecule has 1 heterocycles. The third kappa shape index (κ3) is 2.66. The summed E-state index contributed by atoms with van der Waals surface area (Å²) >= 11 is 12.6. The van der Waals surface area contributed by atoms with Crippen LogP contribution in [0.2, 0.25) is 10.0 Å². The minimum Gasteiger partial charge on any atom is -0.300 e. The van der Waals surface area contributed by atoms with Crippen LogP contribution < -0.4 is 5.56 Å². The number of aromatic nitrogens is 2. The number of nitriles is 1. The van der Waals surface area contributed by atoms with E-state index in [4.69, 9.17) is 28.5 Å². The maximum atomic E-state index is 13.6. The van der Waals surface area contributed by atoms with Crippen LogP contribution in [0.4, 0.5) is 4.39 Å². The van der Waals surface area contributed by atoms with Crippen molar-refractivity contribution in [3.8, 4) is 17.3 Å². The molecule has 8 heteroatoms. The lowest BCUT2D eigenvalue weighted by atomic mass is 10.1. The van der Waals surface area contributed by atoms with E-state index < -0.39 is 11.4 Å². The van der Waals surface area contributed by atoms with Crippen LogP contribution in [0.5, 0.6) is 0 Å². The highest BCUT2D eigenvalue weighted by atomic mass is 35.5. The molecular formula is C12H6Cl2FN3OS. The predicted octanol–water partition coefficient (Wildman–Crippen LogP) is 3.48. The first-order chi connectivity index (χ1) is 9.47. The van der Waals surface area contributed by atoms with Crippen LogP contribution in [-0.2, 0) is 0 Å². The van der Waals surface area contributed by atoms with Gasteiger partial charge in [-0.05, 0) is 18.4 Å². The highest BCUT2D eigenvalue weighted by Gasteiger charge is 2.16. The first-order valence-electron chi connectivity index (χ1n) is 5.21. The standard InChI is InChI=1S/C12H6Cl2FN3OS/c1-20-12-17-10(6(4-16)11(19)18-12)5-2-7(13)9(14)8(15)3-5/h2-3H,1H3,(H,17,18,19). The summed E-state index contributed by atoms with van der Waals surface area (Å²) in [4.78, 5) is 18.3. The fourth-order valence-corrected chi connectivity index (χ4v) is 2.25. The average Bonchev–Trinajstić information content (AvgIpc) is 2.43. The molecule has 4 nitrogen and oxygen atoms in total. The number of nitrogens with zero attached hydrogens (tertiary/aromatic N) is 2. The third-order valence-corrected chi connectivity index (χ3v) is 3.82. The summed E-state index contributed by atoms with van der Waals surface area (Å²) in [6.07, 6.45) is 1.71. The van der Waals surface area contributed by atoms with Crippen LogP contribution >= 0.6 is 35.0 Å². The van der Waals surface area contributed by atoms with Gasteiger partial charge in [-0.1, -0.05) is 35.0 Å². The molecule has 0 aliphatic carbocycles. The Balaban J connectivity index is 2.78. The summed E-state index contributed by atoms with van der Waals surface area (Å²) in [5.41, 5.74) is -0.512. The molecule has 0 unspecified atom stereocenters. The molecule has 1 N–H and O–H groups in total. The molecule has 0 fully saturated rings. The summed E-state index contributed by atoms with van der Waals surface area (Å²) in [6.45, 7) is 0. The van der Waals surface area contributed by atoms with E-state index in [2.05, 4.69) is 9.97 Å². The van der Waals surface area contributed by atoms with Crippen LogP contribution in [0, 0.1) is 17.1 Å². The van der Waals surface area contributed by atoms with Gasteiger partial charge in [0.2, 0.25) is 0 Å². The first-order valence-corrected chi connectivity index (χ1v) is 7.19. The zero-order chi connectivity index (χ0) is 14.9. The number of hydrogen-bond acceptors (Lipinski definition) is 4. The number of H-pyrrole nitrogens is 1. The molecule has 20 heavy (non-hydrogen) atoms. The second kappa shape index (κ2) is 5.83. The maximum absolute atomic E-state index is 13.6. The Morgan fingerprint density at radius 1 is 1.45 bits per heavy atom. The van der Waals surface area contributed by atoms with E-state index in [0.29, 0.717) is 5.16 Å². The molecule has 0 bridgehead atoms. The molecule has 102 valence electrons. The number of halogens is 3. The lowest BCUT2D eigenvalue weighted by molar-refractivity contribution is 0.628. The SMILES string of the molecule is CSc1nc(-c2cc(F)c(Cl)c(Cl)c2)c(C#N)c(=O)[nH]1. The molecule has 0 saturated heterocycles. The van der Waals surface area contributed by atoms with Crippen molar-refractivity contribution in [2.75, 3.05) is 6.26 Å². The van der Waals surface area contributed by atoms with E-state index in [1.54, 1.807) is 12.3 Å². The Morgan fingerprint density at radius 2 is 2.15 bits per heavy atom. The predicted molar refractivity (Wildman–Crippen MR) is 76.8 cm³/mol. The molecule has 2 aromatic rings. The Morgan fingerprint density at radius 3 is 2.70 bits per heavy atom. The van der Waals surface area contributed by atoms with Crippen molar-refractivity contribution in [1.29, 1.82) is 5.26 Å². The number of aromatic amines is 1. The van der Waals surface area contributed by atoms with Gasteiger partial charge in [-0.25, -0.2) is 9.37 Å². The molecule has 0 saturated carbocycles. The smallest absolute Gasteiger partial charge is 0.270 e. The summed E-state index contributed by atoms with van der Waals surface area (Å²) in [5, 5.41) is 9.13. The molecule has 1 aromatic heterocycles. The lowest BCUT2D eigenvalue weighted by Crippen LogP contribution is -2.14. The molecule has 0 aliphatic heterocycles. The average molecular weight is 330 g/mol. The van der Waals surface area contributed by atoms with Gasteiger partial charge in [0, 0.05) is 5.56 Å². The van der Waals surface area contributed by atoms with Crippen molar-refractivity contribution in [1.82, 2.24) is 9.97 Å². The van der Waals surface area contributed by atoms with Gasteiger partial charge >= 0.3 is 0 Å². The highest BCUT2D eigenvalue weighted by molar-refractivity contribution is 7.98. The van der Waals surface area contributed by atoms with Crippen molar-refractivity contribution in [3.63, 3.8) is 0 Å². The molecule has 1 aromatic carbocycles. The maximum Gasteiger partial charge on any atom is 0.270 e.